The van der Waals surface area contributed by atoms with Crippen molar-refractivity contribution in [1.29, 1.82) is 0 Å². The molecule has 1 N–H and O–H groups in total. The lowest BCUT2D eigenvalue weighted by molar-refractivity contribution is -0.115. The van der Waals surface area contributed by atoms with Crippen molar-refractivity contribution in [2.24, 2.45) is 0 Å². The summed E-state index contributed by atoms with van der Waals surface area (Å²) in [6.07, 6.45) is 0.367. The molecule has 4 rings (SSSR count). The lowest BCUT2D eigenvalue weighted by atomic mass is 10.1. The fourth-order valence-corrected chi connectivity index (χ4v) is 3.00. The number of rotatable bonds is 2. The van der Waals surface area contributed by atoms with E-state index in [1.165, 1.54) is 0 Å². The van der Waals surface area contributed by atoms with Crippen LogP contribution in [-0.2, 0) is 17.8 Å². The molecule has 5 heteroatoms. The van der Waals surface area contributed by atoms with Crippen molar-refractivity contribution in [3.8, 4) is 5.75 Å². The van der Waals surface area contributed by atoms with Crippen LogP contribution in [0.4, 0.5) is 11.4 Å². The molecule has 0 saturated carbocycles. The van der Waals surface area contributed by atoms with E-state index in [0.717, 1.165) is 22.5 Å². The van der Waals surface area contributed by atoms with Crippen molar-refractivity contribution in [2.75, 3.05) is 17.3 Å². The van der Waals surface area contributed by atoms with Crippen LogP contribution < -0.4 is 15.0 Å². The van der Waals surface area contributed by atoms with Gasteiger partial charge < -0.3 is 15.0 Å². The standard InChI is InChI=1S/C17H14N2O3/c1-22-13-4-2-10-9-19(17(21)14(10)8-13)12-3-5-15-11(6-12)7-16(20)18-15/h2-6,8H,7,9H2,1H3,(H,18,20). The number of benzene rings is 2. The van der Waals surface area contributed by atoms with Gasteiger partial charge in [-0.05, 0) is 41.5 Å². The molecule has 0 unspecified atom stereocenters. The maximum atomic E-state index is 12.6. The van der Waals surface area contributed by atoms with Gasteiger partial charge in [0, 0.05) is 16.9 Å². The number of amides is 2. The van der Waals surface area contributed by atoms with Crippen LogP contribution in [0.15, 0.2) is 36.4 Å². The topological polar surface area (TPSA) is 58.6 Å². The monoisotopic (exact) mass is 294 g/mol. The Kier molecular flexibility index (Phi) is 2.69. The number of hydrogen-bond donors (Lipinski definition) is 1. The van der Waals surface area contributed by atoms with Crippen molar-refractivity contribution >= 4 is 23.2 Å². The zero-order valence-corrected chi connectivity index (χ0v) is 12.1. The van der Waals surface area contributed by atoms with Gasteiger partial charge in [-0.3, -0.25) is 9.59 Å². The highest BCUT2D eigenvalue weighted by Crippen LogP contribution is 2.34. The highest BCUT2D eigenvalue weighted by atomic mass is 16.5. The fraction of sp³-hybridized carbons (Fsp3) is 0.176. The van der Waals surface area contributed by atoms with Crippen LogP contribution in [0.25, 0.3) is 0 Å². The van der Waals surface area contributed by atoms with E-state index in [1.54, 1.807) is 18.1 Å². The second-order valence-corrected chi connectivity index (χ2v) is 5.48. The van der Waals surface area contributed by atoms with E-state index >= 15 is 0 Å². The Bertz CT molecular complexity index is 814. The Morgan fingerprint density at radius 3 is 2.77 bits per heavy atom. The molecule has 110 valence electrons. The lowest BCUT2D eigenvalue weighted by Gasteiger charge is -2.16. The molecule has 0 aromatic heterocycles. The molecule has 22 heavy (non-hydrogen) atoms. The molecule has 0 bridgehead atoms. The van der Waals surface area contributed by atoms with E-state index < -0.39 is 0 Å². The Morgan fingerprint density at radius 2 is 1.95 bits per heavy atom. The van der Waals surface area contributed by atoms with Gasteiger partial charge in [-0.25, -0.2) is 0 Å². The van der Waals surface area contributed by atoms with Gasteiger partial charge in [-0.15, -0.1) is 0 Å². The first-order chi connectivity index (χ1) is 10.7. The fourth-order valence-electron chi connectivity index (χ4n) is 3.00. The first-order valence-corrected chi connectivity index (χ1v) is 7.07. The van der Waals surface area contributed by atoms with Crippen LogP contribution in [0, 0.1) is 0 Å². The first-order valence-electron chi connectivity index (χ1n) is 7.07. The van der Waals surface area contributed by atoms with E-state index in [-0.39, 0.29) is 11.8 Å². The van der Waals surface area contributed by atoms with Gasteiger partial charge >= 0.3 is 0 Å². The summed E-state index contributed by atoms with van der Waals surface area (Å²) < 4.78 is 5.18. The number of ether oxygens (including phenoxy) is 1. The molecule has 2 heterocycles. The van der Waals surface area contributed by atoms with Crippen LogP contribution in [0.5, 0.6) is 5.75 Å². The average molecular weight is 294 g/mol. The molecule has 0 atom stereocenters. The smallest absolute Gasteiger partial charge is 0.259 e. The van der Waals surface area contributed by atoms with Gasteiger partial charge in [0.25, 0.3) is 5.91 Å². The highest BCUT2D eigenvalue weighted by Gasteiger charge is 2.30. The molecule has 0 aliphatic carbocycles. The summed E-state index contributed by atoms with van der Waals surface area (Å²) in [5, 5.41) is 2.80. The maximum Gasteiger partial charge on any atom is 0.259 e. The molecule has 0 radical (unpaired) electrons. The second kappa shape index (κ2) is 4.59. The zero-order valence-electron chi connectivity index (χ0n) is 12.1. The molecule has 2 aliphatic heterocycles. The molecule has 0 spiro atoms. The largest absolute Gasteiger partial charge is 0.497 e. The van der Waals surface area contributed by atoms with Crippen molar-refractivity contribution in [2.45, 2.75) is 13.0 Å². The molecule has 2 aliphatic rings. The zero-order chi connectivity index (χ0) is 15.3. The number of hydrogen-bond acceptors (Lipinski definition) is 3. The summed E-state index contributed by atoms with van der Waals surface area (Å²) in [5.41, 5.74) is 4.24. The minimum atomic E-state index is -0.0360. The molecular weight excluding hydrogens is 280 g/mol. The van der Waals surface area contributed by atoms with Crippen molar-refractivity contribution < 1.29 is 14.3 Å². The third-order valence-electron chi connectivity index (χ3n) is 4.15. The summed E-state index contributed by atoms with van der Waals surface area (Å²) in [7, 11) is 1.59. The third kappa shape index (κ3) is 1.86. The molecule has 2 amide bonds. The van der Waals surface area contributed by atoms with Crippen LogP contribution in [0.1, 0.15) is 21.5 Å². The lowest BCUT2D eigenvalue weighted by Crippen LogP contribution is -2.23. The van der Waals surface area contributed by atoms with Crippen LogP contribution in [-0.4, -0.2) is 18.9 Å². The maximum absolute atomic E-state index is 12.6. The molecule has 5 nitrogen and oxygen atoms in total. The van der Waals surface area contributed by atoms with E-state index in [0.29, 0.717) is 24.3 Å². The Hall–Kier alpha value is -2.82. The number of nitrogens with zero attached hydrogens (tertiary/aromatic N) is 1. The predicted molar refractivity (Wildman–Crippen MR) is 82.3 cm³/mol. The van der Waals surface area contributed by atoms with Crippen molar-refractivity contribution in [3.63, 3.8) is 0 Å². The first kappa shape index (κ1) is 12.9. The molecule has 0 fully saturated rings. The normalized spacial score (nSPS) is 15.6. The Labute approximate surface area is 127 Å². The van der Waals surface area contributed by atoms with Gasteiger partial charge in [0.15, 0.2) is 0 Å². The quantitative estimate of drug-likeness (QED) is 0.925. The van der Waals surface area contributed by atoms with Gasteiger partial charge in [0.1, 0.15) is 5.75 Å². The van der Waals surface area contributed by atoms with Gasteiger partial charge in [-0.1, -0.05) is 6.07 Å². The van der Waals surface area contributed by atoms with Gasteiger partial charge in [0.05, 0.1) is 20.1 Å². The van der Waals surface area contributed by atoms with Gasteiger partial charge in [0.2, 0.25) is 5.91 Å². The summed E-state index contributed by atoms with van der Waals surface area (Å²) >= 11 is 0. The number of nitrogens with one attached hydrogen (secondary N) is 1. The highest BCUT2D eigenvalue weighted by molar-refractivity contribution is 6.10. The minimum Gasteiger partial charge on any atom is -0.497 e. The Morgan fingerprint density at radius 1 is 1.09 bits per heavy atom. The third-order valence-corrected chi connectivity index (χ3v) is 4.15. The molecule has 2 aromatic carbocycles. The van der Waals surface area contributed by atoms with Gasteiger partial charge in [-0.2, -0.15) is 0 Å². The van der Waals surface area contributed by atoms with E-state index in [4.69, 9.17) is 4.74 Å². The molecule has 2 aromatic rings. The SMILES string of the molecule is COc1ccc2c(c1)C(=O)N(c1ccc3c(c1)CC(=O)N3)C2. The number of anilines is 2. The minimum absolute atomic E-state index is 0.00655. The van der Waals surface area contributed by atoms with E-state index in [2.05, 4.69) is 5.32 Å². The van der Waals surface area contributed by atoms with Crippen molar-refractivity contribution in [1.82, 2.24) is 0 Å². The summed E-state index contributed by atoms with van der Waals surface area (Å²) in [6.45, 7) is 0.540. The van der Waals surface area contributed by atoms with E-state index in [1.807, 2.05) is 30.3 Å². The Balaban J connectivity index is 1.69. The van der Waals surface area contributed by atoms with Crippen LogP contribution >= 0.6 is 0 Å². The average Bonchev–Trinajstić information content (AvgIpc) is 3.05. The summed E-state index contributed by atoms with van der Waals surface area (Å²) in [4.78, 5) is 25.8. The van der Waals surface area contributed by atoms with E-state index in [9.17, 15) is 9.59 Å². The molecule has 0 saturated heterocycles. The number of carbonyl (C=O) groups excluding carboxylic acids is 2. The van der Waals surface area contributed by atoms with Crippen molar-refractivity contribution in [3.05, 3.63) is 53.1 Å². The summed E-state index contributed by atoms with van der Waals surface area (Å²) in [6, 6.07) is 11.2. The van der Waals surface area contributed by atoms with Crippen LogP contribution in [0.3, 0.4) is 0 Å². The number of fused-ring (bicyclic) bond motifs is 2. The van der Waals surface area contributed by atoms with Crippen LogP contribution in [0.2, 0.25) is 0 Å². The predicted octanol–water partition coefficient (Wildman–Crippen LogP) is 2.35. The molecular formula is C17H14N2O3. The second-order valence-electron chi connectivity index (χ2n) is 5.48. The summed E-state index contributed by atoms with van der Waals surface area (Å²) in [5.74, 6) is 0.636. The number of carbonyl (C=O) groups is 2. The number of methoxy groups -OCH3 is 1.